The molecule has 9 heteroatoms. The van der Waals surface area contributed by atoms with Crippen LogP contribution < -0.4 is 4.72 Å². The van der Waals surface area contributed by atoms with Gasteiger partial charge < -0.3 is 0 Å². The van der Waals surface area contributed by atoms with Crippen LogP contribution in [-0.2, 0) is 10.0 Å². The third-order valence-corrected chi connectivity index (χ3v) is 3.95. The number of rotatable bonds is 4. The van der Waals surface area contributed by atoms with Gasteiger partial charge in [-0.2, -0.15) is 0 Å². The fraction of sp³-hybridized carbons (Fsp3) is 0.222. The van der Waals surface area contributed by atoms with Crippen molar-refractivity contribution in [1.82, 2.24) is 14.1 Å². The first kappa shape index (κ1) is 13.2. The van der Waals surface area contributed by atoms with E-state index >= 15 is 0 Å². The van der Waals surface area contributed by atoms with Gasteiger partial charge in [0.2, 0.25) is 0 Å². The van der Waals surface area contributed by atoms with E-state index in [9.17, 15) is 17.2 Å². The zero-order chi connectivity index (χ0) is 13.3. The molecule has 0 aliphatic heterocycles. The summed E-state index contributed by atoms with van der Waals surface area (Å²) in [4.78, 5) is 3.83. The summed E-state index contributed by atoms with van der Waals surface area (Å²) in [6.45, 7) is -0.973. The van der Waals surface area contributed by atoms with Crippen molar-refractivity contribution < 1.29 is 17.2 Å². The van der Waals surface area contributed by atoms with Crippen molar-refractivity contribution in [2.45, 2.75) is 11.5 Å². The molecule has 2 aromatic heterocycles. The molecule has 2 heterocycles. The van der Waals surface area contributed by atoms with E-state index in [1.54, 1.807) is 22.9 Å². The third-order valence-electron chi connectivity index (χ3n) is 2.13. The summed E-state index contributed by atoms with van der Waals surface area (Å²) in [5.41, 5.74) is 0.319. The maximum absolute atomic E-state index is 12.0. The fourth-order valence-corrected chi connectivity index (χ4v) is 3.07. The van der Waals surface area contributed by atoms with Crippen molar-refractivity contribution in [2.75, 3.05) is 6.54 Å². The van der Waals surface area contributed by atoms with Gasteiger partial charge in [-0.1, -0.05) is 17.7 Å². The van der Waals surface area contributed by atoms with Gasteiger partial charge in [0.1, 0.15) is 5.65 Å². The number of nitrogens with one attached hydrogen (secondary N) is 1. The molecule has 0 saturated heterocycles. The molecule has 2 rings (SSSR count). The summed E-state index contributed by atoms with van der Waals surface area (Å²) in [5, 5.41) is -0.608. The smallest absolute Gasteiger partial charge is 0.259 e. The number of hydrogen-bond acceptors (Lipinski definition) is 3. The van der Waals surface area contributed by atoms with Crippen LogP contribution in [0.1, 0.15) is 0 Å². The summed E-state index contributed by atoms with van der Waals surface area (Å²) in [6, 6.07) is 4.79. The normalized spacial score (nSPS) is 12.4. The highest BCUT2D eigenvalue weighted by atomic mass is 35.5. The van der Waals surface area contributed by atoms with Gasteiger partial charge in [0.15, 0.2) is 10.2 Å². The van der Waals surface area contributed by atoms with Gasteiger partial charge in [0, 0.05) is 6.20 Å². The lowest BCUT2D eigenvalue weighted by molar-refractivity contribution is 0.153. The summed E-state index contributed by atoms with van der Waals surface area (Å²) in [6.07, 6.45) is -1.34. The Kier molecular flexibility index (Phi) is 3.51. The first-order valence-corrected chi connectivity index (χ1v) is 6.68. The van der Waals surface area contributed by atoms with Crippen molar-refractivity contribution in [1.29, 1.82) is 0 Å². The first-order chi connectivity index (χ1) is 8.42. The molecule has 18 heavy (non-hydrogen) atoms. The largest absolute Gasteiger partial charge is 0.288 e. The monoisotopic (exact) mass is 295 g/mol. The first-order valence-electron chi connectivity index (χ1n) is 4.82. The lowest BCUT2D eigenvalue weighted by atomic mass is 10.5. The maximum Gasteiger partial charge on any atom is 0.259 e. The molecule has 0 bridgehead atoms. The third kappa shape index (κ3) is 2.45. The molecule has 0 radical (unpaired) electrons. The number of nitrogens with zero attached hydrogens (tertiary/aromatic N) is 2. The van der Waals surface area contributed by atoms with Crippen molar-refractivity contribution >= 4 is 27.3 Å². The Balaban J connectivity index is 2.50. The van der Waals surface area contributed by atoms with E-state index in [0.29, 0.717) is 5.65 Å². The minimum Gasteiger partial charge on any atom is -0.288 e. The van der Waals surface area contributed by atoms with E-state index in [-0.39, 0.29) is 10.2 Å². The number of imidazole rings is 1. The molecule has 0 amide bonds. The summed E-state index contributed by atoms with van der Waals surface area (Å²) in [5.74, 6) is 0. The molecule has 5 nitrogen and oxygen atoms in total. The Bertz CT molecular complexity index is 672. The van der Waals surface area contributed by atoms with Crippen LogP contribution >= 0.6 is 11.6 Å². The van der Waals surface area contributed by atoms with Gasteiger partial charge in [0.05, 0.1) is 6.54 Å². The molecule has 0 aromatic carbocycles. The van der Waals surface area contributed by atoms with Crippen LogP contribution in [0.3, 0.4) is 0 Å². The maximum atomic E-state index is 12.0. The molecule has 98 valence electrons. The quantitative estimate of drug-likeness (QED) is 0.930. The summed E-state index contributed by atoms with van der Waals surface area (Å²) < 4.78 is 50.8. The summed E-state index contributed by atoms with van der Waals surface area (Å²) in [7, 11) is -4.13. The van der Waals surface area contributed by atoms with Crippen LogP contribution in [0.25, 0.3) is 5.65 Å². The number of fused-ring (bicyclic) bond motifs is 1. The van der Waals surface area contributed by atoms with Crippen LogP contribution in [0, 0.1) is 0 Å². The number of hydrogen-bond donors (Lipinski definition) is 1. The number of alkyl halides is 2. The minimum absolute atomic E-state index is 0.261. The van der Waals surface area contributed by atoms with Crippen LogP contribution in [0.5, 0.6) is 0 Å². The SMILES string of the molecule is O=S(=O)(NCC(F)F)c1c(Cl)nc2ccccn12. The van der Waals surface area contributed by atoms with E-state index in [4.69, 9.17) is 11.6 Å². The van der Waals surface area contributed by atoms with E-state index in [2.05, 4.69) is 4.98 Å². The number of aromatic nitrogens is 2. The van der Waals surface area contributed by atoms with Crippen LogP contribution in [0.4, 0.5) is 8.78 Å². The molecule has 2 aromatic rings. The fourth-order valence-electron chi connectivity index (χ4n) is 1.43. The highest BCUT2D eigenvalue weighted by Crippen LogP contribution is 2.22. The van der Waals surface area contributed by atoms with Crippen molar-refractivity contribution in [3.05, 3.63) is 29.5 Å². The molecule has 0 atom stereocenters. The molecule has 0 spiro atoms. The van der Waals surface area contributed by atoms with Crippen molar-refractivity contribution in [3.8, 4) is 0 Å². The molecule has 0 fully saturated rings. The lowest BCUT2D eigenvalue weighted by Gasteiger charge is -2.06. The molecule has 0 aliphatic carbocycles. The number of halogens is 3. The number of pyridine rings is 1. The van der Waals surface area contributed by atoms with E-state index in [1.807, 2.05) is 0 Å². The second-order valence-electron chi connectivity index (χ2n) is 3.38. The molecule has 0 aliphatic rings. The Morgan fingerprint density at radius 3 is 2.83 bits per heavy atom. The Morgan fingerprint density at radius 2 is 2.17 bits per heavy atom. The van der Waals surface area contributed by atoms with Gasteiger partial charge >= 0.3 is 0 Å². The minimum atomic E-state index is -4.13. The van der Waals surface area contributed by atoms with E-state index in [0.717, 1.165) is 0 Å². The molecule has 1 N–H and O–H groups in total. The summed E-state index contributed by atoms with van der Waals surface area (Å²) >= 11 is 5.73. The predicted molar refractivity (Wildman–Crippen MR) is 61.4 cm³/mol. The number of sulfonamides is 1. The van der Waals surface area contributed by atoms with Gasteiger partial charge in [-0.25, -0.2) is 26.9 Å². The predicted octanol–water partition coefficient (Wildman–Crippen LogP) is 1.53. The molecule has 0 unspecified atom stereocenters. The zero-order valence-corrected chi connectivity index (χ0v) is 10.4. The topological polar surface area (TPSA) is 63.5 Å². The molecular formula is C9H8ClF2N3O2S. The van der Waals surface area contributed by atoms with Crippen LogP contribution in [0.15, 0.2) is 29.4 Å². The zero-order valence-electron chi connectivity index (χ0n) is 8.85. The van der Waals surface area contributed by atoms with E-state index < -0.39 is 23.0 Å². The molecular weight excluding hydrogens is 288 g/mol. The molecule has 0 saturated carbocycles. The van der Waals surface area contributed by atoms with Gasteiger partial charge in [0.25, 0.3) is 16.4 Å². The Labute approximate surface area is 106 Å². The van der Waals surface area contributed by atoms with Crippen molar-refractivity contribution in [2.24, 2.45) is 0 Å². The lowest BCUT2D eigenvalue weighted by Crippen LogP contribution is -2.29. The Hall–Kier alpha value is -1.25. The van der Waals surface area contributed by atoms with Gasteiger partial charge in [-0.05, 0) is 12.1 Å². The second kappa shape index (κ2) is 4.79. The Morgan fingerprint density at radius 1 is 1.44 bits per heavy atom. The van der Waals surface area contributed by atoms with Crippen LogP contribution in [-0.4, -0.2) is 30.8 Å². The average molecular weight is 296 g/mol. The average Bonchev–Trinajstić information content (AvgIpc) is 2.63. The highest BCUT2D eigenvalue weighted by Gasteiger charge is 2.24. The van der Waals surface area contributed by atoms with Crippen LogP contribution in [0.2, 0.25) is 5.15 Å². The highest BCUT2D eigenvalue weighted by molar-refractivity contribution is 7.89. The second-order valence-corrected chi connectivity index (χ2v) is 5.42. The van der Waals surface area contributed by atoms with Crippen molar-refractivity contribution in [3.63, 3.8) is 0 Å². The van der Waals surface area contributed by atoms with E-state index in [1.165, 1.54) is 10.6 Å². The van der Waals surface area contributed by atoms with Gasteiger partial charge in [-0.3, -0.25) is 4.40 Å². The van der Waals surface area contributed by atoms with Gasteiger partial charge in [-0.15, -0.1) is 0 Å². The standard InChI is InChI=1S/C9H8ClF2N3O2S/c10-8-9(18(16,17)13-5-6(11)12)15-4-2-1-3-7(15)14-8/h1-4,6,13H,5H2.